The summed E-state index contributed by atoms with van der Waals surface area (Å²) in [5, 5.41) is 11.3. The van der Waals surface area contributed by atoms with Gasteiger partial charge in [-0.2, -0.15) is 0 Å². The number of halogens is 1. The van der Waals surface area contributed by atoms with Gasteiger partial charge < -0.3 is 9.47 Å². The Morgan fingerprint density at radius 2 is 1.65 bits per heavy atom. The van der Waals surface area contributed by atoms with Crippen molar-refractivity contribution in [2.45, 2.75) is 19.4 Å². The number of nitro benzene ring substituents is 1. The Kier molecular flexibility index (Phi) is 6.99. The monoisotopic (exact) mass is 439 g/mol. The summed E-state index contributed by atoms with van der Waals surface area (Å²) >= 11 is 6.02. The fourth-order valence-corrected chi connectivity index (χ4v) is 3.04. The van der Waals surface area contributed by atoms with Crippen LogP contribution in [-0.2, 0) is 4.74 Å². The lowest BCUT2D eigenvalue weighted by molar-refractivity contribution is -0.385. The van der Waals surface area contributed by atoms with Gasteiger partial charge >= 0.3 is 11.7 Å². The van der Waals surface area contributed by atoms with Crippen LogP contribution in [0.3, 0.4) is 0 Å². The van der Waals surface area contributed by atoms with Gasteiger partial charge in [-0.3, -0.25) is 14.9 Å². The summed E-state index contributed by atoms with van der Waals surface area (Å²) in [5.74, 6) is -0.780. The fraction of sp³-hybridized carbons (Fsp3) is 0.130. The average Bonchev–Trinajstić information content (AvgIpc) is 2.79. The van der Waals surface area contributed by atoms with E-state index in [4.69, 9.17) is 21.1 Å². The molecule has 0 radical (unpaired) electrons. The van der Waals surface area contributed by atoms with Crippen LogP contribution in [0.4, 0.5) is 5.69 Å². The lowest BCUT2D eigenvalue weighted by Crippen LogP contribution is -2.26. The van der Waals surface area contributed by atoms with E-state index in [2.05, 4.69) is 0 Å². The number of carbonyl (C=O) groups excluding carboxylic acids is 2. The molecule has 0 saturated carbocycles. The van der Waals surface area contributed by atoms with Crippen LogP contribution in [0.5, 0.6) is 11.5 Å². The first-order chi connectivity index (χ1) is 14.9. The topological polar surface area (TPSA) is 95.7 Å². The molecule has 0 bridgehead atoms. The minimum absolute atomic E-state index is 0.0860. The van der Waals surface area contributed by atoms with Crippen molar-refractivity contribution in [3.63, 3.8) is 0 Å². The Morgan fingerprint density at radius 3 is 2.26 bits per heavy atom. The number of benzene rings is 3. The molecule has 1 atom stereocenters. The third-order valence-corrected chi connectivity index (χ3v) is 4.72. The number of esters is 1. The predicted octanol–water partition coefficient (Wildman–Crippen LogP) is 5.86. The lowest BCUT2D eigenvalue weighted by Gasteiger charge is -2.15. The second-order valence-electron chi connectivity index (χ2n) is 6.50. The highest BCUT2D eigenvalue weighted by atomic mass is 35.5. The maximum absolute atomic E-state index is 12.6. The van der Waals surface area contributed by atoms with Crippen molar-refractivity contribution in [3.05, 3.63) is 99.1 Å². The first kappa shape index (κ1) is 22.0. The van der Waals surface area contributed by atoms with Crippen molar-refractivity contribution in [2.75, 3.05) is 0 Å². The van der Waals surface area contributed by atoms with Gasteiger partial charge in [-0.25, -0.2) is 4.79 Å². The van der Waals surface area contributed by atoms with Gasteiger partial charge in [0.05, 0.1) is 15.5 Å². The van der Waals surface area contributed by atoms with Gasteiger partial charge in [0.15, 0.2) is 6.10 Å². The Labute approximate surface area is 183 Å². The molecular formula is C23H18ClNO6. The van der Waals surface area contributed by atoms with Crippen LogP contribution in [-0.4, -0.2) is 22.8 Å². The van der Waals surface area contributed by atoms with Gasteiger partial charge in [0.2, 0.25) is 11.5 Å². The summed E-state index contributed by atoms with van der Waals surface area (Å²) in [6.45, 7) is 1.76. The van der Waals surface area contributed by atoms with Gasteiger partial charge in [0, 0.05) is 11.6 Å². The van der Waals surface area contributed by atoms with E-state index < -0.39 is 17.0 Å². The number of Topliss-reactive ketones (excluding diaryl/α,β-unsaturated/α-hetero) is 1. The molecule has 0 amide bonds. The van der Waals surface area contributed by atoms with Crippen molar-refractivity contribution in [1.29, 1.82) is 0 Å². The van der Waals surface area contributed by atoms with E-state index in [0.717, 1.165) is 0 Å². The van der Waals surface area contributed by atoms with E-state index in [-0.39, 0.29) is 33.6 Å². The van der Waals surface area contributed by atoms with Gasteiger partial charge in [0.25, 0.3) is 0 Å². The highest BCUT2D eigenvalue weighted by molar-refractivity contribution is 6.32. The molecule has 0 saturated heterocycles. The standard InChI is InChI=1S/C23H18ClNO6/c1-2-20(21(26)15-7-4-3-5-8-15)31-23(27)16-11-13-17(14-12-16)30-22-18(24)9-6-10-19(22)25(28)29/h3-14,20H,2H2,1H3. The van der Waals surface area contributed by atoms with Gasteiger partial charge in [-0.1, -0.05) is 54.9 Å². The molecule has 3 rings (SSSR count). The van der Waals surface area contributed by atoms with Crippen molar-refractivity contribution < 1.29 is 24.0 Å². The van der Waals surface area contributed by atoms with Crippen molar-refractivity contribution >= 4 is 29.0 Å². The largest absolute Gasteiger partial charge is 0.450 e. The number of ether oxygens (including phenoxy) is 2. The zero-order valence-corrected chi connectivity index (χ0v) is 17.2. The SMILES string of the molecule is CCC(OC(=O)c1ccc(Oc2c(Cl)cccc2[N+](=O)[O-])cc1)C(=O)c1ccccc1. The van der Waals surface area contributed by atoms with Crippen molar-refractivity contribution in [1.82, 2.24) is 0 Å². The maximum atomic E-state index is 12.6. The molecule has 3 aromatic rings. The maximum Gasteiger partial charge on any atom is 0.338 e. The van der Waals surface area contributed by atoms with E-state index in [1.807, 2.05) is 0 Å². The van der Waals surface area contributed by atoms with Crippen molar-refractivity contribution in [3.8, 4) is 11.5 Å². The van der Waals surface area contributed by atoms with Crippen LogP contribution >= 0.6 is 11.6 Å². The summed E-state index contributed by atoms with van der Waals surface area (Å²) in [7, 11) is 0. The van der Waals surface area contributed by atoms with Gasteiger partial charge in [-0.05, 0) is 36.8 Å². The van der Waals surface area contributed by atoms with E-state index in [1.54, 1.807) is 37.3 Å². The highest BCUT2D eigenvalue weighted by Gasteiger charge is 2.23. The molecular weight excluding hydrogens is 422 g/mol. The van der Waals surface area contributed by atoms with Crippen molar-refractivity contribution in [2.24, 2.45) is 0 Å². The van der Waals surface area contributed by atoms with E-state index in [9.17, 15) is 19.7 Å². The smallest absolute Gasteiger partial charge is 0.338 e. The first-order valence-corrected chi connectivity index (χ1v) is 9.79. The second-order valence-corrected chi connectivity index (χ2v) is 6.91. The molecule has 3 aromatic carbocycles. The quantitative estimate of drug-likeness (QED) is 0.189. The Morgan fingerprint density at radius 1 is 0.968 bits per heavy atom. The second kappa shape index (κ2) is 9.86. The summed E-state index contributed by atoms with van der Waals surface area (Å²) in [6.07, 6.45) is -0.576. The fourth-order valence-electron chi connectivity index (χ4n) is 2.83. The Hall–Kier alpha value is -3.71. The minimum atomic E-state index is -0.906. The average molecular weight is 440 g/mol. The minimum Gasteiger partial charge on any atom is -0.450 e. The lowest BCUT2D eigenvalue weighted by atomic mass is 10.0. The Bertz CT molecular complexity index is 1100. The number of rotatable bonds is 8. The summed E-state index contributed by atoms with van der Waals surface area (Å²) < 4.78 is 10.9. The van der Waals surface area contributed by atoms with Crippen LogP contribution in [0.25, 0.3) is 0 Å². The molecule has 0 heterocycles. The van der Waals surface area contributed by atoms with Crippen LogP contribution in [0, 0.1) is 10.1 Å². The van der Waals surface area contributed by atoms with Crippen LogP contribution in [0.2, 0.25) is 5.02 Å². The molecule has 1 unspecified atom stereocenters. The molecule has 0 aliphatic heterocycles. The van der Waals surface area contributed by atoms with E-state index in [1.165, 1.54) is 42.5 Å². The first-order valence-electron chi connectivity index (χ1n) is 9.41. The van der Waals surface area contributed by atoms with Crippen LogP contribution < -0.4 is 4.74 Å². The third-order valence-electron chi connectivity index (χ3n) is 4.42. The zero-order valence-electron chi connectivity index (χ0n) is 16.5. The van der Waals surface area contributed by atoms with Gasteiger partial charge in [0.1, 0.15) is 5.75 Å². The molecule has 7 nitrogen and oxygen atoms in total. The molecule has 158 valence electrons. The molecule has 0 aromatic heterocycles. The number of nitro groups is 1. The molecule has 8 heteroatoms. The third kappa shape index (κ3) is 5.26. The molecule has 31 heavy (non-hydrogen) atoms. The van der Waals surface area contributed by atoms with Crippen LogP contribution in [0.15, 0.2) is 72.8 Å². The number of hydrogen-bond acceptors (Lipinski definition) is 6. The molecule has 0 fully saturated rings. The number of para-hydroxylation sites is 1. The summed E-state index contributed by atoms with van der Waals surface area (Å²) in [6, 6.07) is 18.6. The summed E-state index contributed by atoms with van der Waals surface area (Å²) in [5.41, 5.74) is 0.397. The molecule has 0 spiro atoms. The molecule has 0 N–H and O–H groups in total. The van der Waals surface area contributed by atoms with E-state index in [0.29, 0.717) is 12.0 Å². The highest BCUT2D eigenvalue weighted by Crippen LogP contribution is 2.37. The van der Waals surface area contributed by atoms with E-state index >= 15 is 0 Å². The number of ketones is 1. The molecule has 0 aliphatic carbocycles. The number of hydrogen-bond donors (Lipinski definition) is 0. The Balaban J connectivity index is 1.72. The predicted molar refractivity (Wildman–Crippen MR) is 115 cm³/mol. The van der Waals surface area contributed by atoms with Crippen LogP contribution in [0.1, 0.15) is 34.1 Å². The molecule has 0 aliphatic rings. The normalized spacial score (nSPS) is 11.4. The zero-order chi connectivity index (χ0) is 22.4. The number of carbonyl (C=O) groups is 2. The van der Waals surface area contributed by atoms with Gasteiger partial charge in [-0.15, -0.1) is 0 Å². The number of nitrogens with zero attached hydrogens (tertiary/aromatic N) is 1. The summed E-state index contributed by atoms with van der Waals surface area (Å²) in [4.78, 5) is 35.6.